The van der Waals surface area contributed by atoms with Crippen LogP contribution in [0.2, 0.25) is 0 Å². The number of anilines is 2. The maximum absolute atomic E-state index is 13.5. The lowest BCUT2D eigenvalue weighted by atomic mass is 10.1. The molecule has 11 nitrogen and oxygen atoms in total. The van der Waals surface area contributed by atoms with Gasteiger partial charge in [0.25, 0.3) is 0 Å². The van der Waals surface area contributed by atoms with Crippen LogP contribution in [0.1, 0.15) is 29.9 Å². The standard InChI is InChI=1S/C15H18N4O.C9H10FN3O3/c1-10-7-19(8-11(2)18-10)13-4-3-12(9-20)14-15(13)17-6-5-16-14;1-11-5-2-6(10)8-12-7(9(14,15)16)4-13(8)3-5/h3-6,9-11,18H,7-8H2,1-2H3;2-4,11,14-16H,1H3. The van der Waals surface area contributed by atoms with Crippen molar-refractivity contribution in [2.24, 2.45) is 0 Å². The molecule has 4 aromatic rings. The fraction of sp³-hybridized carbons (Fsp3) is 0.333. The molecule has 1 aliphatic heterocycles. The van der Waals surface area contributed by atoms with E-state index in [1.807, 2.05) is 12.1 Å². The summed E-state index contributed by atoms with van der Waals surface area (Å²) in [6.07, 6.45) is 6.77. The van der Waals surface area contributed by atoms with Crippen molar-refractivity contribution in [2.45, 2.75) is 31.9 Å². The number of imidazole rings is 1. The van der Waals surface area contributed by atoms with Gasteiger partial charge in [0.15, 0.2) is 17.8 Å². The summed E-state index contributed by atoms with van der Waals surface area (Å²) >= 11 is 0. The van der Waals surface area contributed by atoms with E-state index in [-0.39, 0.29) is 5.65 Å². The summed E-state index contributed by atoms with van der Waals surface area (Å²) in [5.41, 5.74) is 3.08. The third-order valence-electron chi connectivity index (χ3n) is 5.80. The van der Waals surface area contributed by atoms with Gasteiger partial charge in [0.2, 0.25) is 0 Å². The largest absolute Gasteiger partial charge is 0.387 e. The zero-order valence-corrected chi connectivity index (χ0v) is 20.1. The van der Waals surface area contributed by atoms with E-state index in [9.17, 15) is 9.18 Å². The van der Waals surface area contributed by atoms with Gasteiger partial charge in [0.1, 0.15) is 16.7 Å². The van der Waals surface area contributed by atoms with Crippen LogP contribution in [0.4, 0.5) is 15.8 Å². The number of pyridine rings is 1. The molecule has 4 heterocycles. The van der Waals surface area contributed by atoms with Crippen LogP contribution in [0.5, 0.6) is 0 Å². The summed E-state index contributed by atoms with van der Waals surface area (Å²) in [7, 11) is 1.62. The molecular weight excluding hydrogens is 469 g/mol. The van der Waals surface area contributed by atoms with Crippen molar-refractivity contribution in [3.05, 3.63) is 60.1 Å². The number of hydrogen-bond acceptors (Lipinski definition) is 10. The molecule has 3 aromatic heterocycles. The number of carbonyl (C=O) groups is 1. The quantitative estimate of drug-likeness (QED) is 0.206. The van der Waals surface area contributed by atoms with E-state index in [1.165, 1.54) is 16.7 Å². The van der Waals surface area contributed by atoms with Gasteiger partial charge in [-0.15, -0.1) is 0 Å². The van der Waals surface area contributed by atoms with E-state index in [4.69, 9.17) is 15.3 Å². The van der Waals surface area contributed by atoms with Gasteiger partial charge < -0.3 is 35.3 Å². The molecule has 5 rings (SSSR count). The molecule has 1 saturated heterocycles. The number of fused-ring (bicyclic) bond motifs is 2. The Balaban J connectivity index is 0.000000174. The Morgan fingerprint density at radius 3 is 2.39 bits per heavy atom. The molecule has 1 aromatic carbocycles. The van der Waals surface area contributed by atoms with Crippen LogP contribution < -0.4 is 15.5 Å². The number of piperazine rings is 1. The number of carbonyl (C=O) groups excluding carboxylic acids is 1. The molecule has 1 fully saturated rings. The number of aldehydes is 1. The first kappa shape index (κ1) is 25.4. The summed E-state index contributed by atoms with van der Waals surface area (Å²) in [6, 6.07) is 5.87. The van der Waals surface area contributed by atoms with Gasteiger partial charge in [-0.25, -0.2) is 9.37 Å². The molecular formula is C24H28FN7O4. The average Bonchev–Trinajstić information content (AvgIpc) is 3.29. The lowest BCUT2D eigenvalue weighted by molar-refractivity contribution is -0.326. The van der Waals surface area contributed by atoms with Crippen molar-refractivity contribution in [3.63, 3.8) is 0 Å². The van der Waals surface area contributed by atoms with Gasteiger partial charge in [-0.2, -0.15) is 0 Å². The number of nitrogens with one attached hydrogen (secondary N) is 2. The molecule has 0 spiro atoms. The molecule has 1 aliphatic rings. The Morgan fingerprint density at radius 2 is 1.78 bits per heavy atom. The van der Waals surface area contributed by atoms with Crippen LogP contribution in [-0.2, 0) is 5.97 Å². The molecule has 190 valence electrons. The van der Waals surface area contributed by atoms with Crippen LogP contribution >= 0.6 is 0 Å². The van der Waals surface area contributed by atoms with Crippen LogP contribution in [-0.4, -0.2) is 73.2 Å². The first-order valence-electron chi connectivity index (χ1n) is 11.3. The Labute approximate surface area is 206 Å². The minimum Gasteiger partial charge on any atom is -0.387 e. The molecule has 0 saturated carbocycles. The summed E-state index contributed by atoms with van der Waals surface area (Å²) < 4.78 is 14.7. The van der Waals surface area contributed by atoms with Crippen molar-refractivity contribution in [2.75, 3.05) is 30.4 Å². The Bertz CT molecular complexity index is 1380. The van der Waals surface area contributed by atoms with Gasteiger partial charge in [-0.3, -0.25) is 14.8 Å². The van der Waals surface area contributed by atoms with Gasteiger partial charge in [0, 0.05) is 68.6 Å². The molecule has 36 heavy (non-hydrogen) atoms. The molecule has 0 amide bonds. The molecule has 12 heteroatoms. The van der Waals surface area contributed by atoms with Crippen molar-refractivity contribution in [3.8, 4) is 0 Å². The third-order valence-corrected chi connectivity index (χ3v) is 5.80. The Kier molecular flexibility index (Phi) is 7.13. The normalized spacial score (nSPS) is 18.1. The number of rotatable bonds is 4. The second-order valence-electron chi connectivity index (χ2n) is 8.74. The minimum absolute atomic E-state index is 0.101. The first-order chi connectivity index (χ1) is 17.1. The maximum atomic E-state index is 13.5. The predicted molar refractivity (Wildman–Crippen MR) is 132 cm³/mol. The van der Waals surface area contributed by atoms with Crippen molar-refractivity contribution < 1.29 is 24.5 Å². The topological polar surface area (TPSA) is 148 Å². The lowest BCUT2D eigenvalue weighted by Gasteiger charge is -2.37. The first-order valence-corrected chi connectivity index (χ1v) is 11.3. The van der Waals surface area contributed by atoms with Crippen molar-refractivity contribution in [1.29, 1.82) is 0 Å². The Hall–Kier alpha value is -3.71. The summed E-state index contributed by atoms with van der Waals surface area (Å²) in [5, 5.41) is 33.0. The Morgan fingerprint density at radius 1 is 1.11 bits per heavy atom. The van der Waals surface area contributed by atoms with Gasteiger partial charge >= 0.3 is 5.97 Å². The number of halogens is 1. The average molecular weight is 498 g/mol. The van der Waals surface area contributed by atoms with E-state index in [2.05, 4.69) is 44.3 Å². The fourth-order valence-corrected chi connectivity index (χ4v) is 4.29. The number of hydrogen-bond donors (Lipinski definition) is 5. The zero-order chi connectivity index (χ0) is 26.0. The smallest absolute Gasteiger partial charge is 0.323 e. The highest BCUT2D eigenvalue weighted by Crippen LogP contribution is 2.27. The van der Waals surface area contributed by atoms with Gasteiger partial charge in [0.05, 0.1) is 11.4 Å². The highest BCUT2D eigenvalue weighted by molar-refractivity contribution is 5.99. The van der Waals surface area contributed by atoms with E-state index >= 15 is 0 Å². The van der Waals surface area contributed by atoms with Crippen molar-refractivity contribution >= 4 is 34.3 Å². The molecule has 2 unspecified atom stereocenters. The number of aliphatic hydroxyl groups is 3. The second kappa shape index (κ2) is 10.1. The van der Waals surface area contributed by atoms with Gasteiger partial charge in [-0.1, -0.05) is 0 Å². The predicted octanol–water partition coefficient (Wildman–Crippen LogP) is 1.23. The minimum atomic E-state index is -3.07. The van der Waals surface area contributed by atoms with E-state index in [0.717, 1.165) is 36.8 Å². The SMILES string of the molecule is CC1CN(c2ccc(C=O)c3nccnc23)CC(C)N1.CNc1cc(F)c2nc(C(O)(O)O)cn2c1. The highest BCUT2D eigenvalue weighted by atomic mass is 19.1. The number of benzene rings is 1. The molecule has 0 radical (unpaired) electrons. The van der Waals surface area contributed by atoms with Crippen LogP contribution in [0.15, 0.2) is 43.0 Å². The zero-order valence-electron chi connectivity index (χ0n) is 20.1. The summed E-state index contributed by atoms with van der Waals surface area (Å²) in [6.45, 7) is 6.21. The number of nitrogens with zero attached hydrogens (tertiary/aromatic N) is 5. The van der Waals surface area contributed by atoms with Crippen molar-refractivity contribution in [1.82, 2.24) is 24.7 Å². The lowest BCUT2D eigenvalue weighted by Crippen LogP contribution is -2.54. The molecule has 0 aliphatic carbocycles. The third kappa shape index (κ3) is 5.26. The highest BCUT2D eigenvalue weighted by Gasteiger charge is 2.26. The van der Waals surface area contributed by atoms with Crippen LogP contribution in [0, 0.1) is 5.82 Å². The maximum Gasteiger partial charge on any atom is 0.323 e. The van der Waals surface area contributed by atoms with Crippen LogP contribution in [0.25, 0.3) is 16.7 Å². The molecule has 0 bridgehead atoms. The second-order valence-corrected chi connectivity index (χ2v) is 8.74. The number of aromatic nitrogens is 4. The van der Waals surface area contributed by atoms with E-state index < -0.39 is 17.5 Å². The molecule has 5 N–H and O–H groups in total. The van der Waals surface area contributed by atoms with E-state index in [0.29, 0.717) is 28.9 Å². The molecule has 2 atom stereocenters. The van der Waals surface area contributed by atoms with E-state index in [1.54, 1.807) is 19.4 Å². The van der Waals surface area contributed by atoms with Crippen LogP contribution in [0.3, 0.4) is 0 Å². The van der Waals surface area contributed by atoms with Gasteiger partial charge in [-0.05, 0) is 26.0 Å². The fourth-order valence-electron chi connectivity index (χ4n) is 4.29. The summed E-state index contributed by atoms with van der Waals surface area (Å²) in [5.74, 6) is -3.71. The summed E-state index contributed by atoms with van der Waals surface area (Å²) in [4.78, 5) is 25.7. The monoisotopic (exact) mass is 497 g/mol.